The Morgan fingerprint density at radius 3 is 2.03 bits per heavy atom. The Kier molecular flexibility index (Phi) is 8.44. The molecule has 0 spiro atoms. The predicted octanol–water partition coefficient (Wildman–Crippen LogP) is 4.68. The van der Waals surface area contributed by atoms with Gasteiger partial charge in [-0.05, 0) is 49.8 Å². The van der Waals surface area contributed by atoms with Gasteiger partial charge in [0.15, 0.2) is 0 Å². The van der Waals surface area contributed by atoms with Gasteiger partial charge in [0.2, 0.25) is 11.8 Å². The van der Waals surface area contributed by atoms with Crippen LogP contribution in [0, 0.1) is 0 Å². The summed E-state index contributed by atoms with van der Waals surface area (Å²) < 4.78 is 0. The van der Waals surface area contributed by atoms with Gasteiger partial charge in [-0.1, -0.05) is 68.4 Å². The summed E-state index contributed by atoms with van der Waals surface area (Å²) >= 11 is 0. The Balaban J connectivity index is 2.09. The van der Waals surface area contributed by atoms with E-state index < -0.39 is 6.04 Å². The van der Waals surface area contributed by atoms with Crippen molar-refractivity contribution in [1.29, 1.82) is 0 Å². The average Bonchev–Trinajstić information content (AvgIpc) is 2.70. The number of benzene rings is 2. The standard InChI is InChI=1S/C25H34N2O2/c1-18(2)23-14-11-21(12-15-23)13-16-24(28)27(17-22-9-7-6-8-10-22)20(5)25(29)26-19(3)4/h6-12,14-15,18-20H,13,16-17H2,1-5H3,(H,26,29)/t20-/m1/s1. The molecule has 156 valence electrons. The lowest BCUT2D eigenvalue weighted by Crippen LogP contribution is -2.49. The Bertz CT molecular complexity index is 782. The van der Waals surface area contributed by atoms with Gasteiger partial charge in [0, 0.05) is 19.0 Å². The van der Waals surface area contributed by atoms with Crippen molar-refractivity contribution in [1.82, 2.24) is 10.2 Å². The number of hydrogen-bond acceptors (Lipinski definition) is 2. The van der Waals surface area contributed by atoms with E-state index in [1.807, 2.05) is 44.2 Å². The van der Waals surface area contributed by atoms with Gasteiger partial charge in [0.25, 0.3) is 0 Å². The molecule has 29 heavy (non-hydrogen) atoms. The van der Waals surface area contributed by atoms with E-state index in [2.05, 4.69) is 43.4 Å². The number of aryl methyl sites for hydroxylation is 1. The van der Waals surface area contributed by atoms with Crippen molar-refractivity contribution in [2.24, 2.45) is 0 Å². The molecular weight excluding hydrogens is 360 g/mol. The van der Waals surface area contributed by atoms with Crippen molar-refractivity contribution in [2.75, 3.05) is 0 Å². The van der Waals surface area contributed by atoms with Crippen LogP contribution >= 0.6 is 0 Å². The van der Waals surface area contributed by atoms with Crippen LogP contribution in [0.3, 0.4) is 0 Å². The maximum absolute atomic E-state index is 13.1. The SMILES string of the molecule is CC(C)NC(=O)[C@@H](C)N(Cc1ccccc1)C(=O)CCc1ccc(C(C)C)cc1. The first kappa shape index (κ1) is 22.7. The minimum absolute atomic E-state index is 0.00630. The molecule has 2 aromatic carbocycles. The lowest BCUT2D eigenvalue weighted by Gasteiger charge is -2.29. The van der Waals surface area contributed by atoms with Crippen molar-refractivity contribution in [3.8, 4) is 0 Å². The third-order valence-electron chi connectivity index (χ3n) is 5.07. The molecule has 0 unspecified atom stereocenters. The molecule has 1 atom stereocenters. The summed E-state index contributed by atoms with van der Waals surface area (Å²) in [6, 6.07) is 17.8. The van der Waals surface area contributed by atoms with Crippen molar-refractivity contribution in [2.45, 2.75) is 72.0 Å². The molecule has 0 saturated carbocycles. The monoisotopic (exact) mass is 394 g/mol. The predicted molar refractivity (Wildman–Crippen MR) is 119 cm³/mol. The van der Waals surface area contributed by atoms with Crippen molar-refractivity contribution in [3.05, 3.63) is 71.3 Å². The van der Waals surface area contributed by atoms with E-state index in [4.69, 9.17) is 0 Å². The van der Waals surface area contributed by atoms with Gasteiger partial charge >= 0.3 is 0 Å². The van der Waals surface area contributed by atoms with E-state index in [0.717, 1.165) is 11.1 Å². The van der Waals surface area contributed by atoms with Crippen LogP contribution in [0.1, 0.15) is 63.6 Å². The fourth-order valence-corrected chi connectivity index (χ4v) is 3.23. The molecule has 0 aromatic heterocycles. The first-order valence-corrected chi connectivity index (χ1v) is 10.5. The Morgan fingerprint density at radius 1 is 0.862 bits per heavy atom. The normalized spacial score (nSPS) is 12.1. The summed E-state index contributed by atoms with van der Waals surface area (Å²) in [5.41, 5.74) is 3.46. The second kappa shape index (κ2) is 10.8. The Hall–Kier alpha value is -2.62. The van der Waals surface area contributed by atoms with E-state index >= 15 is 0 Å². The molecule has 0 heterocycles. The van der Waals surface area contributed by atoms with Gasteiger partial charge < -0.3 is 10.2 Å². The number of hydrogen-bond donors (Lipinski definition) is 1. The average molecular weight is 395 g/mol. The van der Waals surface area contributed by atoms with E-state index in [-0.39, 0.29) is 17.9 Å². The number of carbonyl (C=O) groups is 2. The van der Waals surface area contributed by atoms with Crippen LogP contribution in [-0.4, -0.2) is 28.8 Å². The zero-order valence-corrected chi connectivity index (χ0v) is 18.3. The Morgan fingerprint density at radius 2 is 1.48 bits per heavy atom. The van der Waals surface area contributed by atoms with Crippen LogP contribution in [0.2, 0.25) is 0 Å². The van der Waals surface area contributed by atoms with Crippen molar-refractivity contribution in [3.63, 3.8) is 0 Å². The number of nitrogens with zero attached hydrogens (tertiary/aromatic N) is 1. The third-order valence-corrected chi connectivity index (χ3v) is 5.07. The largest absolute Gasteiger partial charge is 0.352 e. The minimum Gasteiger partial charge on any atom is -0.352 e. The molecule has 2 rings (SSSR count). The first-order valence-electron chi connectivity index (χ1n) is 10.5. The zero-order chi connectivity index (χ0) is 21.4. The van der Waals surface area contributed by atoms with Gasteiger partial charge in [0.1, 0.15) is 6.04 Å². The summed E-state index contributed by atoms with van der Waals surface area (Å²) in [6.07, 6.45) is 1.05. The maximum Gasteiger partial charge on any atom is 0.242 e. The van der Waals surface area contributed by atoms with Gasteiger partial charge in [-0.25, -0.2) is 0 Å². The molecule has 0 fully saturated rings. The number of amides is 2. The molecule has 4 nitrogen and oxygen atoms in total. The van der Waals surface area contributed by atoms with E-state index in [1.54, 1.807) is 11.8 Å². The van der Waals surface area contributed by atoms with Crippen LogP contribution in [0.4, 0.5) is 0 Å². The van der Waals surface area contributed by atoms with Crippen LogP contribution in [0.5, 0.6) is 0 Å². The fourth-order valence-electron chi connectivity index (χ4n) is 3.23. The highest BCUT2D eigenvalue weighted by Gasteiger charge is 2.26. The molecule has 1 N–H and O–H groups in total. The van der Waals surface area contributed by atoms with E-state index in [1.165, 1.54) is 5.56 Å². The maximum atomic E-state index is 13.1. The first-order chi connectivity index (χ1) is 13.8. The molecule has 0 radical (unpaired) electrons. The van der Waals surface area contributed by atoms with Gasteiger partial charge in [-0.3, -0.25) is 9.59 Å². The van der Waals surface area contributed by atoms with Crippen LogP contribution in [0.25, 0.3) is 0 Å². The number of carbonyl (C=O) groups excluding carboxylic acids is 2. The summed E-state index contributed by atoms with van der Waals surface area (Å²) in [4.78, 5) is 27.3. The molecule has 2 amide bonds. The van der Waals surface area contributed by atoms with Crippen LogP contribution in [-0.2, 0) is 22.6 Å². The number of nitrogens with one attached hydrogen (secondary N) is 1. The summed E-state index contributed by atoms with van der Waals surface area (Å²) in [7, 11) is 0. The summed E-state index contributed by atoms with van der Waals surface area (Å²) in [5, 5.41) is 2.92. The topological polar surface area (TPSA) is 49.4 Å². The molecular formula is C25H34N2O2. The second-order valence-corrected chi connectivity index (χ2v) is 8.24. The highest BCUT2D eigenvalue weighted by Crippen LogP contribution is 2.17. The molecule has 2 aromatic rings. The number of rotatable bonds is 9. The van der Waals surface area contributed by atoms with Crippen LogP contribution < -0.4 is 5.32 Å². The lowest BCUT2D eigenvalue weighted by molar-refractivity contribution is -0.140. The van der Waals surface area contributed by atoms with E-state index in [0.29, 0.717) is 25.3 Å². The second-order valence-electron chi connectivity index (χ2n) is 8.24. The molecule has 0 aliphatic rings. The lowest BCUT2D eigenvalue weighted by atomic mass is 10.00. The van der Waals surface area contributed by atoms with Crippen molar-refractivity contribution < 1.29 is 9.59 Å². The van der Waals surface area contributed by atoms with Gasteiger partial charge in [-0.2, -0.15) is 0 Å². The molecule has 0 bridgehead atoms. The zero-order valence-electron chi connectivity index (χ0n) is 18.3. The highest BCUT2D eigenvalue weighted by atomic mass is 16.2. The third kappa shape index (κ3) is 7.04. The van der Waals surface area contributed by atoms with Gasteiger partial charge in [-0.15, -0.1) is 0 Å². The summed E-state index contributed by atoms with van der Waals surface area (Å²) in [5.74, 6) is 0.367. The molecule has 0 aliphatic carbocycles. The smallest absolute Gasteiger partial charge is 0.242 e. The molecule has 4 heteroatoms. The fraction of sp³-hybridized carbons (Fsp3) is 0.440. The summed E-state index contributed by atoms with van der Waals surface area (Å²) in [6.45, 7) is 10.4. The highest BCUT2D eigenvalue weighted by molar-refractivity contribution is 5.87. The minimum atomic E-state index is -0.520. The Labute approximate surface area is 175 Å². The van der Waals surface area contributed by atoms with Crippen molar-refractivity contribution >= 4 is 11.8 Å². The van der Waals surface area contributed by atoms with E-state index in [9.17, 15) is 9.59 Å². The van der Waals surface area contributed by atoms with Gasteiger partial charge in [0.05, 0.1) is 0 Å². The molecule has 0 saturated heterocycles. The van der Waals surface area contributed by atoms with Crippen LogP contribution in [0.15, 0.2) is 54.6 Å². The molecule has 0 aliphatic heterocycles. The quantitative estimate of drug-likeness (QED) is 0.671.